The molecular weight excluding hydrogens is 238 g/mol. The van der Waals surface area contributed by atoms with Gasteiger partial charge in [0.25, 0.3) is 0 Å². The number of rotatable bonds is 5. The highest BCUT2D eigenvalue weighted by atomic mass is 16.5. The van der Waals surface area contributed by atoms with Crippen molar-refractivity contribution in [3.05, 3.63) is 29.8 Å². The highest BCUT2D eigenvalue weighted by molar-refractivity contribution is 5.80. The molecule has 0 spiro atoms. The smallest absolute Gasteiger partial charge is 0.191 e. The van der Waals surface area contributed by atoms with Crippen molar-refractivity contribution in [3.63, 3.8) is 0 Å². The Hall–Kier alpha value is -1.71. The number of hydrogen-bond acceptors (Lipinski definition) is 4. The van der Waals surface area contributed by atoms with Gasteiger partial charge >= 0.3 is 0 Å². The molecule has 0 aliphatic carbocycles. The molecule has 0 amide bonds. The van der Waals surface area contributed by atoms with E-state index in [1.165, 1.54) is 5.56 Å². The highest BCUT2D eigenvalue weighted by Crippen LogP contribution is 2.18. The van der Waals surface area contributed by atoms with E-state index in [9.17, 15) is 0 Å². The first-order chi connectivity index (χ1) is 9.29. The minimum Gasteiger partial charge on any atom is -0.488 e. The lowest BCUT2D eigenvalue weighted by atomic mass is 10.2. The number of aliphatic imine (C=N–C) groups is 1. The molecule has 0 fully saturated rings. The maximum Gasteiger partial charge on any atom is 0.191 e. The fraction of sp³-hybridized carbons (Fsp3) is 0.533. The summed E-state index contributed by atoms with van der Waals surface area (Å²) in [5.41, 5.74) is 1.18. The third-order valence-electron chi connectivity index (χ3n) is 3.24. The minimum atomic E-state index is 0.160. The van der Waals surface area contributed by atoms with E-state index in [1.54, 1.807) is 0 Å². The van der Waals surface area contributed by atoms with Crippen molar-refractivity contribution in [1.82, 2.24) is 10.6 Å². The quantitative estimate of drug-likeness (QED) is 0.853. The van der Waals surface area contributed by atoms with Crippen LogP contribution in [0.15, 0.2) is 29.3 Å². The van der Waals surface area contributed by atoms with Gasteiger partial charge in [-0.1, -0.05) is 25.1 Å². The van der Waals surface area contributed by atoms with Crippen LogP contribution in [0.1, 0.15) is 25.3 Å². The van der Waals surface area contributed by atoms with Crippen LogP contribution in [0.5, 0.6) is 5.75 Å². The van der Waals surface area contributed by atoms with Crippen LogP contribution in [0.3, 0.4) is 0 Å². The number of benzene rings is 1. The first kappa shape index (κ1) is 13.7. The molecule has 19 heavy (non-hydrogen) atoms. The largest absolute Gasteiger partial charge is 0.488 e. The molecule has 1 aromatic rings. The normalized spacial score (nSPS) is 16.2. The maximum absolute atomic E-state index is 6.04. The molecule has 1 unspecified atom stereocenters. The van der Waals surface area contributed by atoms with E-state index < -0.39 is 0 Å². The predicted molar refractivity (Wildman–Crippen MR) is 78.8 cm³/mol. The summed E-state index contributed by atoms with van der Waals surface area (Å²) >= 11 is 0. The van der Waals surface area contributed by atoms with Crippen molar-refractivity contribution in [2.45, 2.75) is 32.8 Å². The molecule has 104 valence electrons. The second-order valence-corrected chi connectivity index (χ2v) is 4.81. The summed E-state index contributed by atoms with van der Waals surface area (Å²) in [4.78, 5) is 4.40. The number of ether oxygens (including phenoxy) is 1. The average molecular weight is 261 g/mol. The van der Waals surface area contributed by atoms with Gasteiger partial charge in [-0.25, -0.2) is 0 Å². The Labute approximate surface area is 115 Å². The fourth-order valence-corrected chi connectivity index (χ4v) is 2.00. The number of nitrogens with zero attached hydrogens (tertiary/aromatic N) is 1. The monoisotopic (exact) mass is 261 g/mol. The summed E-state index contributed by atoms with van der Waals surface area (Å²) in [5, 5.41) is 6.58. The molecule has 4 nitrogen and oxygen atoms in total. The van der Waals surface area contributed by atoms with E-state index in [0.29, 0.717) is 0 Å². The molecule has 0 aromatic heterocycles. The van der Waals surface area contributed by atoms with Gasteiger partial charge in [0.1, 0.15) is 11.9 Å². The zero-order valence-electron chi connectivity index (χ0n) is 11.8. The van der Waals surface area contributed by atoms with E-state index in [0.717, 1.165) is 44.2 Å². The summed E-state index contributed by atoms with van der Waals surface area (Å²) in [6.45, 7) is 6.89. The first-order valence-corrected chi connectivity index (χ1v) is 7.04. The maximum atomic E-state index is 6.04. The number of hydrogen-bond donors (Lipinski definition) is 2. The van der Waals surface area contributed by atoms with Crippen LogP contribution in [0.25, 0.3) is 0 Å². The van der Waals surface area contributed by atoms with Gasteiger partial charge in [-0.2, -0.15) is 0 Å². The van der Waals surface area contributed by atoms with Gasteiger partial charge in [-0.05, 0) is 31.4 Å². The van der Waals surface area contributed by atoms with E-state index in [1.807, 2.05) is 18.2 Å². The van der Waals surface area contributed by atoms with E-state index in [2.05, 4.69) is 35.5 Å². The topological polar surface area (TPSA) is 45.7 Å². The average Bonchev–Trinajstić information content (AvgIpc) is 2.46. The van der Waals surface area contributed by atoms with Crippen LogP contribution in [-0.4, -0.2) is 31.7 Å². The van der Waals surface area contributed by atoms with Crippen LogP contribution in [0.2, 0.25) is 0 Å². The Kier molecular flexibility index (Phi) is 5.07. The third kappa shape index (κ3) is 4.16. The minimum absolute atomic E-state index is 0.160. The molecule has 0 saturated heterocycles. The van der Waals surface area contributed by atoms with Gasteiger partial charge in [-0.15, -0.1) is 0 Å². The fourth-order valence-electron chi connectivity index (χ4n) is 2.00. The highest BCUT2D eigenvalue weighted by Gasteiger charge is 2.11. The molecule has 0 bridgehead atoms. The molecule has 1 heterocycles. The van der Waals surface area contributed by atoms with Crippen molar-refractivity contribution in [1.29, 1.82) is 0 Å². The predicted octanol–water partition coefficient (Wildman–Crippen LogP) is 2.09. The van der Waals surface area contributed by atoms with Gasteiger partial charge in [0.05, 0.1) is 6.54 Å². The Bertz CT molecular complexity index is 431. The number of nitrogens with one attached hydrogen (secondary N) is 2. The van der Waals surface area contributed by atoms with E-state index in [4.69, 9.17) is 4.74 Å². The first-order valence-electron chi connectivity index (χ1n) is 7.04. The molecule has 4 heteroatoms. The van der Waals surface area contributed by atoms with Gasteiger partial charge in [-0.3, -0.25) is 4.99 Å². The summed E-state index contributed by atoms with van der Waals surface area (Å²) in [6.07, 6.45) is 2.24. The molecule has 1 atom stereocenters. The lowest BCUT2D eigenvalue weighted by Gasteiger charge is -2.22. The van der Waals surface area contributed by atoms with E-state index >= 15 is 0 Å². The SMILES string of the molecule is CCC(CNC1=NCCCN1)Oc1ccccc1C. The van der Waals surface area contributed by atoms with Crippen molar-refractivity contribution in [2.75, 3.05) is 19.6 Å². The second-order valence-electron chi connectivity index (χ2n) is 4.81. The summed E-state index contributed by atoms with van der Waals surface area (Å²) < 4.78 is 6.04. The van der Waals surface area contributed by atoms with Crippen molar-refractivity contribution in [2.24, 2.45) is 4.99 Å². The lowest BCUT2D eigenvalue weighted by molar-refractivity contribution is 0.198. The van der Waals surface area contributed by atoms with Crippen LogP contribution in [0, 0.1) is 6.92 Å². The lowest BCUT2D eigenvalue weighted by Crippen LogP contribution is -2.44. The zero-order chi connectivity index (χ0) is 13.5. The molecule has 0 radical (unpaired) electrons. The number of para-hydroxylation sites is 1. The molecular formula is C15H23N3O. The van der Waals surface area contributed by atoms with Crippen LogP contribution < -0.4 is 15.4 Å². The molecule has 2 rings (SSSR count). The van der Waals surface area contributed by atoms with Crippen LogP contribution in [-0.2, 0) is 0 Å². The number of guanidine groups is 1. The van der Waals surface area contributed by atoms with Crippen molar-refractivity contribution in [3.8, 4) is 5.75 Å². The summed E-state index contributed by atoms with van der Waals surface area (Å²) in [5.74, 6) is 1.87. The van der Waals surface area contributed by atoms with Gasteiger partial charge in [0.15, 0.2) is 5.96 Å². The standard InChI is InChI=1S/C15H23N3O/c1-3-13(11-18-15-16-9-6-10-17-15)19-14-8-5-4-7-12(14)2/h4-5,7-8,13H,3,6,9-11H2,1-2H3,(H2,16,17,18). The Morgan fingerprint density at radius 1 is 1.42 bits per heavy atom. The molecule has 1 aromatic carbocycles. The summed E-state index contributed by atoms with van der Waals surface area (Å²) in [7, 11) is 0. The molecule has 2 N–H and O–H groups in total. The van der Waals surface area contributed by atoms with E-state index in [-0.39, 0.29) is 6.10 Å². The Morgan fingerprint density at radius 3 is 2.95 bits per heavy atom. The van der Waals surface area contributed by atoms with Crippen molar-refractivity contribution < 1.29 is 4.74 Å². The van der Waals surface area contributed by atoms with Gasteiger partial charge in [0, 0.05) is 13.1 Å². The van der Waals surface area contributed by atoms with Gasteiger partial charge < -0.3 is 15.4 Å². The molecule has 1 aliphatic rings. The second kappa shape index (κ2) is 7.02. The summed E-state index contributed by atoms with van der Waals surface area (Å²) in [6, 6.07) is 8.13. The third-order valence-corrected chi connectivity index (χ3v) is 3.24. The Morgan fingerprint density at radius 2 is 2.26 bits per heavy atom. The van der Waals surface area contributed by atoms with Crippen LogP contribution >= 0.6 is 0 Å². The molecule has 1 aliphatic heterocycles. The van der Waals surface area contributed by atoms with Crippen molar-refractivity contribution >= 4 is 5.96 Å². The zero-order valence-corrected chi connectivity index (χ0v) is 11.8. The van der Waals surface area contributed by atoms with Gasteiger partial charge in [0.2, 0.25) is 0 Å². The van der Waals surface area contributed by atoms with Crippen LogP contribution in [0.4, 0.5) is 0 Å². The number of aryl methyl sites for hydroxylation is 1. The molecule has 0 saturated carbocycles. The Balaban J connectivity index is 1.86.